The van der Waals surface area contributed by atoms with Crippen LogP contribution in [0, 0.1) is 0 Å². The zero-order chi connectivity index (χ0) is 18.1. The highest BCUT2D eigenvalue weighted by Crippen LogP contribution is 2.26. The third-order valence-corrected chi connectivity index (χ3v) is 6.15. The molecule has 0 aromatic rings. The van der Waals surface area contributed by atoms with Crippen molar-refractivity contribution >= 4 is 5.91 Å². The van der Waals surface area contributed by atoms with Crippen LogP contribution < -0.4 is 5.32 Å². The van der Waals surface area contributed by atoms with Gasteiger partial charge < -0.3 is 4.90 Å². The Kier molecular flexibility index (Phi) is 9.02. The topological polar surface area (TPSA) is 32.3 Å². The van der Waals surface area contributed by atoms with Crippen molar-refractivity contribution in [2.75, 3.05) is 6.54 Å². The molecule has 0 spiro atoms. The molecule has 1 N–H and O–H groups in total. The fourth-order valence-corrected chi connectivity index (χ4v) is 4.27. The summed E-state index contributed by atoms with van der Waals surface area (Å²) in [6, 6.07) is 0.558. The predicted octanol–water partition coefficient (Wildman–Crippen LogP) is 5.55. The third-order valence-electron chi connectivity index (χ3n) is 6.15. The van der Waals surface area contributed by atoms with Crippen molar-refractivity contribution in [2.45, 2.75) is 116 Å². The van der Waals surface area contributed by atoms with Gasteiger partial charge in [-0.1, -0.05) is 71.1 Å². The third kappa shape index (κ3) is 6.13. The van der Waals surface area contributed by atoms with Crippen LogP contribution >= 0.6 is 0 Å². The lowest BCUT2D eigenvalue weighted by Crippen LogP contribution is -2.49. The van der Waals surface area contributed by atoms with Gasteiger partial charge in [-0.25, -0.2) is 0 Å². The first kappa shape index (κ1) is 20.5. The standard InChI is InChI=1S/C22H40N2O/c1-4-5-17-24-21(18(2)19(3)22(24)25)23-20-15-13-11-9-7-6-8-10-12-14-16-20/h20-21,23H,4-17H2,1-3H3/t21-/m0/s1. The molecular weight excluding hydrogens is 308 g/mol. The summed E-state index contributed by atoms with van der Waals surface area (Å²) in [5.74, 6) is 0.247. The van der Waals surface area contributed by atoms with Crippen LogP contribution in [0.3, 0.4) is 0 Å². The Morgan fingerprint density at radius 1 is 0.920 bits per heavy atom. The number of nitrogens with zero attached hydrogens (tertiary/aromatic N) is 1. The van der Waals surface area contributed by atoms with Gasteiger partial charge in [0.25, 0.3) is 5.91 Å². The van der Waals surface area contributed by atoms with Gasteiger partial charge in [0.1, 0.15) is 6.17 Å². The molecule has 25 heavy (non-hydrogen) atoms. The molecule has 1 atom stereocenters. The van der Waals surface area contributed by atoms with E-state index < -0.39 is 0 Å². The number of hydrogen-bond donors (Lipinski definition) is 1. The van der Waals surface area contributed by atoms with Crippen LogP contribution in [0.25, 0.3) is 0 Å². The first-order chi connectivity index (χ1) is 12.1. The summed E-state index contributed by atoms with van der Waals surface area (Å²) in [6.45, 7) is 7.23. The maximum absolute atomic E-state index is 12.6. The maximum Gasteiger partial charge on any atom is 0.251 e. The Bertz CT molecular complexity index is 431. The number of amides is 1. The molecule has 3 nitrogen and oxygen atoms in total. The highest BCUT2D eigenvalue weighted by molar-refractivity contribution is 5.96. The molecule has 1 amide bonds. The molecule has 0 saturated heterocycles. The average molecular weight is 349 g/mol. The summed E-state index contributed by atoms with van der Waals surface area (Å²) in [5.41, 5.74) is 2.20. The fourth-order valence-electron chi connectivity index (χ4n) is 4.27. The van der Waals surface area contributed by atoms with Crippen LogP contribution in [-0.2, 0) is 4.79 Å². The van der Waals surface area contributed by atoms with Crippen LogP contribution in [0.5, 0.6) is 0 Å². The molecule has 0 unspecified atom stereocenters. The lowest BCUT2D eigenvalue weighted by atomic mass is 9.97. The molecule has 1 aliphatic heterocycles. The number of carbonyl (C=O) groups is 1. The lowest BCUT2D eigenvalue weighted by Gasteiger charge is -2.32. The van der Waals surface area contributed by atoms with Crippen molar-refractivity contribution < 1.29 is 4.79 Å². The molecule has 1 aliphatic carbocycles. The normalized spacial score (nSPS) is 25.2. The van der Waals surface area contributed by atoms with Gasteiger partial charge in [-0.2, -0.15) is 0 Å². The molecule has 0 radical (unpaired) electrons. The SMILES string of the molecule is CCCCN1C(=O)C(C)=C(C)[C@H]1NC1CCCCCCCCCCC1. The average Bonchev–Trinajstić information content (AvgIpc) is 2.79. The van der Waals surface area contributed by atoms with Crippen molar-refractivity contribution in [1.29, 1.82) is 0 Å². The monoisotopic (exact) mass is 348 g/mol. The van der Waals surface area contributed by atoms with E-state index in [2.05, 4.69) is 24.1 Å². The molecule has 1 saturated carbocycles. The molecule has 1 fully saturated rings. The second kappa shape index (κ2) is 11.0. The van der Waals surface area contributed by atoms with Gasteiger partial charge in [0.15, 0.2) is 0 Å². The quantitative estimate of drug-likeness (QED) is 0.706. The smallest absolute Gasteiger partial charge is 0.251 e. The number of unbranched alkanes of at least 4 members (excludes halogenated alkanes) is 1. The first-order valence-corrected chi connectivity index (χ1v) is 10.9. The first-order valence-electron chi connectivity index (χ1n) is 10.9. The molecule has 0 aromatic carbocycles. The van der Waals surface area contributed by atoms with Gasteiger partial charge in [0.2, 0.25) is 0 Å². The van der Waals surface area contributed by atoms with Crippen molar-refractivity contribution in [3.05, 3.63) is 11.1 Å². The Hall–Kier alpha value is -0.830. The number of rotatable bonds is 5. The van der Waals surface area contributed by atoms with E-state index in [1.54, 1.807) is 0 Å². The van der Waals surface area contributed by atoms with Gasteiger partial charge in [0, 0.05) is 18.2 Å². The molecule has 2 rings (SSSR count). The summed E-state index contributed by atoms with van der Waals surface area (Å²) in [7, 11) is 0. The molecule has 0 bridgehead atoms. The Morgan fingerprint density at radius 2 is 1.44 bits per heavy atom. The minimum absolute atomic E-state index is 0.136. The molecule has 1 heterocycles. The molecule has 0 aromatic heterocycles. The van der Waals surface area contributed by atoms with E-state index in [-0.39, 0.29) is 12.1 Å². The molecule has 144 valence electrons. The van der Waals surface area contributed by atoms with Gasteiger partial charge in [-0.05, 0) is 38.7 Å². The van der Waals surface area contributed by atoms with Crippen LogP contribution in [0.1, 0.15) is 104 Å². The van der Waals surface area contributed by atoms with E-state index in [0.29, 0.717) is 6.04 Å². The van der Waals surface area contributed by atoms with Gasteiger partial charge in [0.05, 0.1) is 0 Å². The van der Waals surface area contributed by atoms with Crippen LogP contribution in [-0.4, -0.2) is 29.6 Å². The highest BCUT2D eigenvalue weighted by Gasteiger charge is 2.35. The molecule has 3 heteroatoms. The van der Waals surface area contributed by atoms with Crippen molar-refractivity contribution in [3.8, 4) is 0 Å². The summed E-state index contributed by atoms with van der Waals surface area (Å²) >= 11 is 0. The van der Waals surface area contributed by atoms with Crippen molar-refractivity contribution in [2.24, 2.45) is 0 Å². The fraction of sp³-hybridized carbons (Fsp3) is 0.864. The van der Waals surface area contributed by atoms with Gasteiger partial charge >= 0.3 is 0 Å². The van der Waals surface area contributed by atoms with E-state index in [1.807, 2.05) is 6.92 Å². The van der Waals surface area contributed by atoms with E-state index in [4.69, 9.17) is 0 Å². The highest BCUT2D eigenvalue weighted by atomic mass is 16.2. The minimum atomic E-state index is 0.136. The van der Waals surface area contributed by atoms with Gasteiger partial charge in [-0.3, -0.25) is 10.1 Å². The second-order valence-corrected chi connectivity index (χ2v) is 8.19. The lowest BCUT2D eigenvalue weighted by molar-refractivity contribution is -0.127. The summed E-state index contributed by atoms with van der Waals surface area (Å²) in [6.07, 6.45) is 17.4. The van der Waals surface area contributed by atoms with E-state index in [9.17, 15) is 4.79 Å². The zero-order valence-corrected chi connectivity index (χ0v) is 16.9. The summed E-state index contributed by atoms with van der Waals surface area (Å²) in [5, 5.41) is 3.89. The van der Waals surface area contributed by atoms with Crippen molar-refractivity contribution in [1.82, 2.24) is 10.2 Å². The van der Waals surface area contributed by atoms with E-state index in [0.717, 1.165) is 25.0 Å². The van der Waals surface area contributed by atoms with Crippen molar-refractivity contribution in [3.63, 3.8) is 0 Å². The van der Waals surface area contributed by atoms with Gasteiger partial charge in [-0.15, -0.1) is 0 Å². The zero-order valence-electron chi connectivity index (χ0n) is 16.9. The Balaban J connectivity index is 1.97. The maximum atomic E-state index is 12.6. The second-order valence-electron chi connectivity index (χ2n) is 8.19. The molecular formula is C22H40N2O. The Morgan fingerprint density at radius 3 is 1.96 bits per heavy atom. The largest absolute Gasteiger partial charge is 0.319 e. The van der Waals surface area contributed by atoms with Crippen LogP contribution in [0.4, 0.5) is 0 Å². The predicted molar refractivity (Wildman–Crippen MR) is 106 cm³/mol. The molecule has 2 aliphatic rings. The number of nitrogens with one attached hydrogen (secondary N) is 1. The van der Waals surface area contributed by atoms with E-state index in [1.165, 1.54) is 76.2 Å². The van der Waals surface area contributed by atoms with Crippen LogP contribution in [0.2, 0.25) is 0 Å². The minimum Gasteiger partial charge on any atom is -0.319 e. The Labute approximate surface area is 155 Å². The summed E-state index contributed by atoms with van der Waals surface area (Å²) in [4.78, 5) is 14.7. The van der Waals surface area contributed by atoms with Crippen LogP contribution in [0.15, 0.2) is 11.1 Å². The summed E-state index contributed by atoms with van der Waals surface area (Å²) < 4.78 is 0. The number of carbonyl (C=O) groups excluding carboxylic acids is 1. The number of hydrogen-bond acceptors (Lipinski definition) is 2. The van der Waals surface area contributed by atoms with E-state index >= 15 is 0 Å².